The summed E-state index contributed by atoms with van der Waals surface area (Å²) in [6.45, 7) is 13.6. The third kappa shape index (κ3) is 22.3. The molecule has 0 aliphatic carbocycles. The Bertz CT molecular complexity index is 2840. The number of likely N-dealkylation sites (N-methyl/N-ethyl adjacent to an activating group) is 1. The first-order chi connectivity index (χ1) is 39.7. The number of nitrogens with zero attached hydrogens (tertiary/aromatic N) is 10. The van der Waals surface area contributed by atoms with Gasteiger partial charge < -0.3 is 23.8 Å². The van der Waals surface area contributed by atoms with Crippen LogP contribution in [0.15, 0.2) is 150 Å². The topological polar surface area (TPSA) is 216 Å². The van der Waals surface area contributed by atoms with Gasteiger partial charge in [-0.05, 0) is 132 Å². The molecule has 0 aromatic heterocycles. The summed E-state index contributed by atoms with van der Waals surface area (Å²) in [6, 6.07) is 30.8. The summed E-state index contributed by atoms with van der Waals surface area (Å²) in [6.07, 6.45) is 21.6. The van der Waals surface area contributed by atoms with E-state index in [4.69, 9.17) is 18.9 Å². The van der Waals surface area contributed by atoms with E-state index < -0.39 is 15.8 Å². The van der Waals surface area contributed by atoms with Gasteiger partial charge in [-0.15, -0.1) is 10.2 Å². The lowest BCUT2D eigenvalue weighted by Crippen LogP contribution is -2.39. The maximum Gasteiger partial charge on any atom is 0.311 e. The Hall–Kier alpha value is -7.76. The van der Waals surface area contributed by atoms with E-state index >= 15 is 0 Å². The predicted octanol–water partition coefficient (Wildman–Crippen LogP) is 20.3. The van der Waals surface area contributed by atoms with E-state index in [-0.39, 0.29) is 24.2 Å². The standard InChI is InChI=1S/C64H86N10O8/c1-9-12-13-14-15-16-17-18-19-20-21-22-23-24-25-26-44-81-62(76)64(6,10-2)48-63(4,5)61(75)82-45-43-73(11-3)55-39-35-54(36-40-55)70-72-58-47-59(79-7)57(46-60(58)80-8)71-69-52-33-31-51(32-34-52)66-65-49-27-29-50(30-28-49)67-68-53-37-41-56(42-38-53)74(77)78/h27-42,46-47H,9-26,43-45,48H2,1-8H3/b66-65+,68-67+,71-69+,72-70+. The highest BCUT2D eigenvalue weighted by atomic mass is 16.6. The van der Waals surface area contributed by atoms with E-state index in [1.54, 1.807) is 60.7 Å². The van der Waals surface area contributed by atoms with Crippen LogP contribution in [-0.4, -0.2) is 57.4 Å². The Labute approximate surface area is 485 Å². The van der Waals surface area contributed by atoms with Crippen LogP contribution in [0.25, 0.3) is 0 Å². The number of carbonyl (C=O) groups is 2. The maximum atomic E-state index is 13.5. The fraction of sp³-hybridized carbons (Fsp3) is 0.500. The van der Waals surface area contributed by atoms with Gasteiger partial charge in [-0.3, -0.25) is 19.7 Å². The molecule has 1 unspecified atom stereocenters. The first-order valence-electron chi connectivity index (χ1n) is 29.3. The molecule has 1 atom stereocenters. The smallest absolute Gasteiger partial charge is 0.311 e. The number of hydrogen-bond donors (Lipinski definition) is 0. The van der Waals surface area contributed by atoms with Gasteiger partial charge >= 0.3 is 11.9 Å². The summed E-state index contributed by atoms with van der Waals surface area (Å²) >= 11 is 0. The number of azo groups is 4. The third-order valence-corrected chi connectivity index (χ3v) is 14.4. The molecule has 0 aliphatic heterocycles. The summed E-state index contributed by atoms with van der Waals surface area (Å²) in [7, 11) is 3.07. The molecule has 82 heavy (non-hydrogen) atoms. The summed E-state index contributed by atoms with van der Waals surface area (Å²) in [5.41, 5.74) is 3.56. The van der Waals surface area contributed by atoms with Crippen LogP contribution in [0.2, 0.25) is 0 Å². The van der Waals surface area contributed by atoms with Crippen LogP contribution in [0.5, 0.6) is 11.5 Å². The first-order valence-corrected chi connectivity index (χ1v) is 29.3. The van der Waals surface area contributed by atoms with Crippen molar-refractivity contribution in [2.45, 2.75) is 157 Å². The number of benzene rings is 5. The molecule has 5 rings (SSSR count). The fourth-order valence-corrected chi connectivity index (χ4v) is 9.31. The summed E-state index contributed by atoms with van der Waals surface area (Å²) in [5, 5.41) is 45.6. The van der Waals surface area contributed by atoms with Crippen LogP contribution in [0.3, 0.4) is 0 Å². The fourth-order valence-electron chi connectivity index (χ4n) is 9.31. The molecule has 0 N–H and O–H groups in total. The van der Waals surface area contributed by atoms with Gasteiger partial charge in [0.1, 0.15) is 29.5 Å². The lowest BCUT2D eigenvalue weighted by Gasteiger charge is -2.34. The van der Waals surface area contributed by atoms with Crippen molar-refractivity contribution in [3.05, 3.63) is 119 Å². The molecule has 18 nitrogen and oxygen atoms in total. The number of ether oxygens (including phenoxy) is 4. The molecule has 0 spiro atoms. The second-order valence-electron chi connectivity index (χ2n) is 21.4. The van der Waals surface area contributed by atoms with Crippen LogP contribution in [-0.2, 0) is 19.1 Å². The van der Waals surface area contributed by atoms with Gasteiger partial charge in [0.15, 0.2) is 0 Å². The summed E-state index contributed by atoms with van der Waals surface area (Å²) in [5.74, 6) is 0.246. The van der Waals surface area contributed by atoms with Crippen molar-refractivity contribution >= 4 is 68.8 Å². The van der Waals surface area contributed by atoms with E-state index in [1.807, 2.05) is 58.9 Å². The van der Waals surface area contributed by atoms with Gasteiger partial charge in [0.05, 0.1) is 77.2 Å². The average molecular weight is 1120 g/mol. The number of anilines is 1. The molecule has 0 bridgehead atoms. The van der Waals surface area contributed by atoms with Crippen LogP contribution in [0, 0.1) is 20.9 Å². The zero-order chi connectivity index (χ0) is 59.0. The molecule has 5 aromatic rings. The number of nitro groups is 1. The van der Waals surface area contributed by atoms with Crippen molar-refractivity contribution in [2.75, 3.05) is 45.4 Å². The minimum atomic E-state index is -0.888. The van der Waals surface area contributed by atoms with E-state index in [0.717, 1.165) is 18.5 Å². The van der Waals surface area contributed by atoms with Gasteiger partial charge in [0.2, 0.25) is 0 Å². The van der Waals surface area contributed by atoms with E-state index in [2.05, 4.69) is 52.7 Å². The molecular weight excluding hydrogens is 1040 g/mol. The first kappa shape index (κ1) is 65.1. The number of rotatable bonds is 38. The second kappa shape index (κ2) is 35.2. The Morgan fingerprint density at radius 2 is 0.841 bits per heavy atom. The van der Waals surface area contributed by atoms with E-state index in [1.165, 1.54) is 128 Å². The third-order valence-electron chi connectivity index (χ3n) is 14.4. The van der Waals surface area contributed by atoms with Crippen LogP contribution >= 0.6 is 0 Å². The van der Waals surface area contributed by atoms with Crippen molar-refractivity contribution in [2.24, 2.45) is 51.7 Å². The van der Waals surface area contributed by atoms with Gasteiger partial charge in [0.25, 0.3) is 5.69 Å². The van der Waals surface area contributed by atoms with E-state index in [0.29, 0.717) is 89.5 Å². The Balaban J connectivity index is 1.03. The van der Waals surface area contributed by atoms with Crippen molar-refractivity contribution in [3.63, 3.8) is 0 Å². The minimum Gasteiger partial charge on any atom is -0.494 e. The van der Waals surface area contributed by atoms with Gasteiger partial charge in [-0.1, -0.05) is 110 Å². The highest BCUT2D eigenvalue weighted by Crippen LogP contribution is 2.42. The van der Waals surface area contributed by atoms with Crippen LogP contribution in [0.4, 0.5) is 56.9 Å². The summed E-state index contributed by atoms with van der Waals surface area (Å²) < 4.78 is 23.0. The van der Waals surface area contributed by atoms with Crippen molar-refractivity contribution < 1.29 is 33.5 Å². The molecule has 0 amide bonds. The molecule has 440 valence electrons. The number of non-ortho nitro benzene ring substituents is 1. The number of carbonyl (C=O) groups excluding carboxylic acids is 2. The lowest BCUT2D eigenvalue weighted by atomic mass is 9.72. The molecule has 0 radical (unpaired) electrons. The quantitative estimate of drug-likeness (QED) is 0.0121. The molecule has 0 aliphatic rings. The predicted molar refractivity (Wildman–Crippen MR) is 325 cm³/mol. The second-order valence-corrected chi connectivity index (χ2v) is 21.4. The van der Waals surface area contributed by atoms with Crippen molar-refractivity contribution in [3.8, 4) is 11.5 Å². The molecule has 5 aromatic carbocycles. The molecule has 0 heterocycles. The minimum absolute atomic E-state index is 0.0150. The Morgan fingerprint density at radius 1 is 0.488 bits per heavy atom. The van der Waals surface area contributed by atoms with Gasteiger partial charge in [0, 0.05) is 36.5 Å². The molecule has 0 saturated carbocycles. The number of nitro benzene ring substituents is 1. The summed E-state index contributed by atoms with van der Waals surface area (Å²) in [4.78, 5) is 39.4. The SMILES string of the molecule is CCCCCCCCCCCCCCCCCCOC(=O)C(C)(CC)CC(C)(C)C(=O)OCCN(CC)c1ccc(/N=N/c2cc(OC)c(/N=N/c3ccc(/N=N/c4ccc(/N=N/c5ccc([N+](=O)[O-])cc5)cc4)cc3)cc2OC)cc1. The van der Waals surface area contributed by atoms with Gasteiger partial charge in [-0.2, -0.15) is 30.7 Å². The van der Waals surface area contributed by atoms with Gasteiger partial charge in [-0.25, -0.2) is 0 Å². The van der Waals surface area contributed by atoms with Crippen molar-refractivity contribution in [1.82, 2.24) is 0 Å². The maximum absolute atomic E-state index is 13.5. The largest absolute Gasteiger partial charge is 0.494 e. The Kier molecular flexibility index (Phi) is 27.9. The normalized spacial score (nSPS) is 12.6. The van der Waals surface area contributed by atoms with Crippen LogP contribution < -0.4 is 14.4 Å². The molecule has 0 saturated heterocycles. The average Bonchev–Trinajstić information content (AvgIpc) is 3.60. The number of unbranched alkanes of at least 4 members (excludes halogenated alkanes) is 15. The monoisotopic (exact) mass is 1120 g/mol. The highest BCUT2D eigenvalue weighted by molar-refractivity contribution is 5.80. The molecule has 0 fully saturated rings. The zero-order valence-corrected chi connectivity index (χ0v) is 49.7. The molecule has 18 heteroatoms. The number of esters is 2. The van der Waals surface area contributed by atoms with Crippen molar-refractivity contribution in [1.29, 1.82) is 0 Å². The zero-order valence-electron chi connectivity index (χ0n) is 49.7. The lowest BCUT2D eigenvalue weighted by molar-refractivity contribution is -0.384. The number of methoxy groups -OCH3 is 2. The van der Waals surface area contributed by atoms with E-state index in [9.17, 15) is 19.7 Å². The Morgan fingerprint density at radius 3 is 1.21 bits per heavy atom. The molecular formula is C64H86N10O8. The highest BCUT2D eigenvalue weighted by Gasteiger charge is 2.43. The number of hydrogen-bond acceptors (Lipinski definition) is 17. The van der Waals surface area contributed by atoms with Crippen LogP contribution in [0.1, 0.15) is 157 Å².